The molecule has 0 aliphatic heterocycles. The van der Waals surface area contributed by atoms with E-state index in [9.17, 15) is 4.79 Å². The van der Waals surface area contributed by atoms with Gasteiger partial charge in [-0.3, -0.25) is 4.79 Å². The molecule has 0 radical (unpaired) electrons. The van der Waals surface area contributed by atoms with Crippen molar-refractivity contribution in [1.82, 2.24) is 0 Å². The lowest BCUT2D eigenvalue weighted by atomic mass is 10.2. The van der Waals surface area contributed by atoms with Crippen LogP contribution >= 0.6 is 11.3 Å². The molecule has 3 heteroatoms. The maximum atomic E-state index is 10.5. The topological polar surface area (TPSA) is 43.1 Å². The van der Waals surface area contributed by atoms with Gasteiger partial charge in [0.15, 0.2) is 6.29 Å². The average molecular weight is 145 g/mol. The molecular formula is C6H7NOS. The Balaban J connectivity index is 3.09. The first-order chi connectivity index (χ1) is 6.06. The first-order valence-corrected chi connectivity index (χ1v) is 3.17. The first-order valence-electron chi connectivity index (χ1n) is 4.25. The summed E-state index contributed by atoms with van der Waals surface area (Å²) in [5, 5.41) is 0.105. The molecule has 9 heavy (non-hydrogen) atoms. The van der Waals surface area contributed by atoms with E-state index in [0.717, 1.165) is 11.3 Å². The minimum Gasteiger partial charge on any atom is -0.326 e. The maximum Gasteiger partial charge on any atom is 0.151 e. The van der Waals surface area contributed by atoms with Gasteiger partial charge in [0.05, 0.1) is 2.74 Å². The number of carbonyl (C=O) groups is 1. The molecule has 0 amide bonds. The van der Waals surface area contributed by atoms with Crippen LogP contribution in [-0.2, 0) is 6.54 Å². The van der Waals surface area contributed by atoms with Crippen molar-refractivity contribution < 1.29 is 10.4 Å². The largest absolute Gasteiger partial charge is 0.326 e. The Hall–Kier alpha value is -0.670. The zero-order valence-electron chi connectivity index (χ0n) is 8.55. The number of aldehydes is 1. The molecule has 0 saturated carbocycles. The van der Waals surface area contributed by atoms with E-state index in [2.05, 4.69) is 0 Å². The Labute approximate surface area is 63.0 Å². The first kappa shape index (κ1) is 2.94. The van der Waals surface area contributed by atoms with Gasteiger partial charge >= 0.3 is 0 Å². The zero-order valence-corrected chi connectivity index (χ0v) is 5.36. The number of rotatable bonds is 3. The second kappa shape index (κ2) is 2.75. The average Bonchev–Trinajstić information content (AvgIpc) is 2.26. The van der Waals surface area contributed by atoms with Gasteiger partial charge in [0.1, 0.15) is 2.82 Å². The van der Waals surface area contributed by atoms with Crippen LogP contribution in [0, 0.1) is 0 Å². The van der Waals surface area contributed by atoms with Gasteiger partial charge in [-0.2, -0.15) is 11.3 Å². The van der Waals surface area contributed by atoms with E-state index in [0.29, 0.717) is 12.0 Å². The van der Waals surface area contributed by atoms with Crippen LogP contribution in [0.15, 0.2) is 10.7 Å². The predicted octanol–water partition coefficient (Wildman–Crippen LogP) is 1.02. The fourth-order valence-corrected chi connectivity index (χ4v) is 1.10. The zero-order chi connectivity index (χ0) is 10.0. The molecule has 0 atom stereocenters. The number of hydrogen-bond donors (Lipinski definition) is 1. The summed E-state index contributed by atoms with van der Waals surface area (Å²) < 4.78 is 28.4. The Morgan fingerprint density at radius 3 is 3.56 bits per heavy atom. The summed E-state index contributed by atoms with van der Waals surface area (Å²) in [6.45, 7) is -0.123. The molecule has 0 aliphatic carbocycles. The third-order valence-electron chi connectivity index (χ3n) is 0.936. The lowest BCUT2D eigenvalue weighted by Gasteiger charge is -1.87. The van der Waals surface area contributed by atoms with Crippen LogP contribution in [0.5, 0.6) is 0 Å². The van der Waals surface area contributed by atoms with Crippen molar-refractivity contribution in [3.63, 3.8) is 0 Å². The smallest absolute Gasteiger partial charge is 0.151 e. The molecule has 2 N–H and O–H groups in total. The third kappa shape index (κ3) is 1.17. The van der Waals surface area contributed by atoms with E-state index < -0.39 is 0 Å². The highest BCUT2D eigenvalue weighted by molar-refractivity contribution is 7.08. The second-order valence-corrected chi connectivity index (χ2v) is 2.09. The van der Waals surface area contributed by atoms with E-state index in [4.69, 9.17) is 5.57 Å². The Bertz CT molecular complexity index is 325. The third-order valence-corrected chi connectivity index (χ3v) is 1.61. The SMILES string of the molecule is [2H]c1sc([2H])c(CN([2H])[2H])c1C=O. The van der Waals surface area contributed by atoms with Crippen molar-refractivity contribution in [2.24, 2.45) is 5.72 Å². The summed E-state index contributed by atoms with van der Waals surface area (Å²) >= 11 is 0.871. The highest BCUT2D eigenvalue weighted by atomic mass is 32.1. The molecule has 0 bridgehead atoms. The lowest BCUT2D eigenvalue weighted by molar-refractivity contribution is 0.112. The second-order valence-electron chi connectivity index (χ2n) is 1.47. The number of nitrogens with two attached hydrogens (primary N) is 1. The van der Waals surface area contributed by atoms with Crippen LogP contribution in [0.1, 0.15) is 18.7 Å². The van der Waals surface area contributed by atoms with E-state index >= 15 is 0 Å². The van der Waals surface area contributed by atoms with Crippen molar-refractivity contribution in [2.45, 2.75) is 6.54 Å². The van der Waals surface area contributed by atoms with Crippen LogP contribution in [-0.4, -0.2) is 6.29 Å². The Kier molecular flexibility index (Phi) is 0.900. The van der Waals surface area contributed by atoms with Gasteiger partial charge in [0.2, 0.25) is 0 Å². The van der Waals surface area contributed by atoms with E-state index in [1.165, 1.54) is 0 Å². The lowest BCUT2D eigenvalue weighted by Crippen LogP contribution is -1.96. The van der Waals surface area contributed by atoms with Crippen LogP contribution in [0.4, 0.5) is 0 Å². The van der Waals surface area contributed by atoms with Gasteiger partial charge in [-0.1, -0.05) is 0 Å². The molecule has 1 aromatic rings. The highest BCUT2D eigenvalue weighted by Gasteiger charge is 1.97. The predicted molar refractivity (Wildman–Crippen MR) is 37.6 cm³/mol. The monoisotopic (exact) mass is 145 g/mol. The number of thiophene rings is 1. The molecule has 0 aromatic carbocycles. The van der Waals surface area contributed by atoms with Crippen molar-refractivity contribution in [2.75, 3.05) is 0 Å². The van der Waals surface area contributed by atoms with Crippen molar-refractivity contribution in [1.29, 1.82) is 0 Å². The van der Waals surface area contributed by atoms with Gasteiger partial charge in [-0.05, 0) is 10.9 Å². The summed E-state index contributed by atoms with van der Waals surface area (Å²) in [4.78, 5) is 10.5. The molecule has 0 saturated heterocycles. The molecule has 2 nitrogen and oxygen atoms in total. The summed E-state index contributed by atoms with van der Waals surface area (Å²) in [6.07, 6.45) is 0.496. The molecular weight excluding hydrogens is 134 g/mol. The number of hydrogen-bond acceptors (Lipinski definition) is 3. The standard InChI is InChI=1S/C6H7NOS/c7-1-5-3-9-4-6(5)2-8/h2-4H,1,7H2/i3D,4D/hD2. The molecule has 0 aliphatic rings. The minimum absolute atomic E-state index is 0.0249. The van der Waals surface area contributed by atoms with Crippen LogP contribution < -0.4 is 5.72 Å². The van der Waals surface area contributed by atoms with Gasteiger partial charge in [-0.15, -0.1) is 0 Å². The van der Waals surface area contributed by atoms with Crippen LogP contribution in [0.2, 0.25) is 2.82 Å². The Morgan fingerprint density at radius 2 is 2.89 bits per heavy atom. The van der Waals surface area contributed by atoms with Crippen LogP contribution in [0.3, 0.4) is 0 Å². The number of carbonyl (C=O) groups excluding carboxylic acids is 1. The van der Waals surface area contributed by atoms with E-state index in [-0.39, 0.29) is 28.4 Å². The summed E-state index contributed by atoms with van der Waals surface area (Å²) in [7, 11) is 0. The molecule has 1 rings (SSSR count). The Morgan fingerprint density at radius 1 is 2.00 bits per heavy atom. The van der Waals surface area contributed by atoms with Gasteiger partial charge < -0.3 is 5.72 Å². The van der Waals surface area contributed by atoms with Crippen molar-refractivity contribution >= 4 is 17.6 Å². The molecule has 0 fully saturated rings. The molecule has 0 spiro atoms. The summed E-state index contributed by atoms with van der Waals surface area (Å²) in [6, 6.07) is 0. The summed E-state index contributed by atoms with van der Waals surface area (Å²) in [5.74, 6) is 0. The van der Waals surface area contributed by atoms with Gasteiger partial charge in [0, 0.05) is 17.5 Å². The van der Waals surface area contributed by atoms with Crippen LogP contribution in [0.25, 0.3) is 0 Å². The minimum atomic E-state index is -0.123. The molecule has 48 valence electrons. The fourth-order valence-electron chi connectivity index (χ4n) is 0.471. The molecule has 1 heterocycles. The van der Waals surface area contributed by atoms with Crippen molar-refractivity contribution in [3.8, 4) is 0 Å². The summed E-state index contributed by atoms with van der Waals surface area (Å²) in [5.41, 5.74) is 0.793. The highest BCUT2D eigenvalue weighted by Crippen LogP contribution is 2.11. The van der Waals surface area contributed by atoms with Crippen molar-refractivity contribution in [3.05, 3.63) is 21.8 Å². The van der Waals surface area contributed by atoms with Gasteiger partial charge in [-0.25, -0.2) is 0 Å². The normalized spacial score (nSPS) is 16.1. The van der Waals surface area contributed by atoms with Gasteiger partial charge in [0.25, 0.3) is 0 Å². The maximum absolute atomic E-state index is 10.5. The molecule has 0 unspecified atom stereocenters. The fraction of sp³-hybridized carbons (Fsp3) is 0.167. The van der Waals surface area contributed by atoms with E-state index in [1.807, 2.05) is 0 Å². The van der Waals surface area contributed by atoms with E-state index in [1.54, 1.807) is 0 Å². The quantitative estimate of drug-likeness (QED) is 0.645. The molecule has 1 aromatic heterocycles.